The minimum Gasteiger partial charge on any atom is -0.389 e. The van der Waals surface area contributed by atoms with E-state index in [4.69, 9.17) is 9.72 Å². The maximum Gasteiger partial charge on any atom is 0.248 e. The second-order valence-electron chi connectivity index (χ2n) is 7.80. The zero-order valence-electron chi connectivity index (χ0n) is 16.2. The molecule has 1 N–H and O–H groups in total. The first-order valence-corrected chi connectivity index (χ1v) is 10.7. The number of thiazole rings is 1. The van der Waals surface area contributed by atoms with Crippen LogP contribution < -0.4 is 0 Å². The number of piperidine rings is 2. The van der Waals surface area contributed by atoms with Crippen LogP contribution in [0.2, 0.25) is 0 Å². The fraction of sp³-hybridized carbons (Fsp3) is 0.524. The van der Waals surface area contributed by atoms with Gasteiger partial charge in [0.2, 0.25) is 5.91 Å². The number of likely N-dealkylation sites (tertiary alicyclic amines) is 2. The molecule has 4 rings (SSSR count). The molecule has 28 heavy (non-hydrogen) atoms. The number of carbonyl (C=O) groups excluding carboxylic acids is 1. The van der Waals surface area contributed by atoms with Crippen molar-refractivity contribution in [2.24, 2.45) is 5.92 Å². The first-order valence-electron chi connectivity index (χ1n) is 9.79. The minimum absolute atomic E-state index is 0.00843. The first kappa shape index (κ1) is 19.5. The molecule has 6 nitrogen and oxygen atoms in total. The van der Waals surface area contributed by atoms with Gasteiger partial charge < -0.3 is 14.7 Å². The third-order valence-corrected chi connectivity index (χ3v) is 6.79. The van der Waals surface area contributed by atoms with Gasteiger partial charge in [-0.15, -0.1) is 11.3 Å². The number of nitrogens with zero attached hydrogens (tertiary/aromatic N) is 3. The Labute approximate surface area is 169 Å². The van der Waals surface area contributed by atoms with Gasteiger partial charge in [0.25, 0.3) is 0 Å². The molecular formula is C21H27N3O3S. The van der Waals surface area contributed by atoms with Crippen LogP contribution in [0.25, 0.3) is 11.3 Å². The fourth-order valence-electron chi connectivity index (χ4n) is 4.27. The van der Waals surface area contributed by atoms with Crippen LogP contribution in [0.15, 0.2) is 35.7 Å². The number of hydrogen-bond donors (Lipinski definition) is 1. The summed E-state index contributed by atoms with van der Waals surface area (Å²) in [6, 6.07) is 10.2. The molecule has 0 radical (unpaired) electrons. The van der Waals surface area contributed by atoms with Crippen molar-refractivity contribution in [2.75, 3.05) is 39.9 Å². The van der Waals surface area contributed by atoms with Crippen molar-refractivity contribution in [3.63, 3.8) is 0 Å². The van der Waals surface area contributed by atoms with Crippen LogP contribution in [0.1, 0.15) is 17.8 Å². The lowest BCUT2D eigenvalue weighted by Gasteiger charge is -2.50. The van der Waals surface area contributed by atoms with Crippen molar-refractivity contribution in [2.45, 2.75) is 25.0 Å². The van der Waals surface area contributed by atoms with Crippen molar-refractivity contribution in [3.8, 4) is 11.3 Å². The summed E-state index contributed by atoms with van der Waals surface area (Å²) in [5, 5.41) is 14.2. The van der Waals surface area contributed by atoms with Gasteiger partial charge in [-0.05, 0) is 12.8 Å². The molecule has 1 aromatic heterocycles. The predicted molar refractivity (Wildman–Crippen MR) is 109 cm³/mol. The molecule has 3 heterocycles. The van der Waals surface area contributed by atoms with Crippen LogP contribution in [0.4, 0.5) is 0 Å². The monoisotopic (exact) mass is 401 g/mol. The number of aliphatic hydroxyl groups is 1. The molecule has 1 amide bonds. The molecule has 2 fully saturated rings. The number of carbonyl (C=O) groups is 1. The summed E-state index contributed by atoms with van der Waals surface area (Å²) in [4.78, 5) is 21.2. The topological polar surface area (TPSA) is 65.9 Å². The highest BCUT2D eigenvalue weighted by molar-refractivity contribution is 7.09. The van der Waals surface area contributed by atoms with Gasteiger partial charge in [-0.3, -0.25) is 9.69 Å². The highest BCUT2D eigenvalue weighted by Gasteiger charge is 2.45. The summed E-state index contributed by atoms with van der Waals surface area (Å²) in [6.45, 7) is 3.75. The minimum atomic E-state index is -0.654. The lowest BCUT2D eigenvalue weighted by Crippen LogP contribution is -2.60. The van der Waals surface area contributed by atoms with E-state index in [1.165, 1.54) is 7.11 Å². The average molecular weight is 402 g/mol. The molecule has 2 atom stereocenters. The van der Waals surface area contributed by atoms with Crippen LogP contribution in [0.5, 0.6) is 0 Å². The maximum atomic E-state index is 12.2. The third kappa shape index (κ3) is 4.12. The number of fused-ring (bicyclic) bond motifs is 1. The number of amides is 1. The third-order valence-electron chi connectivity index (χ3n) is 5.96. The van der Waals surface area contributed by atoms with Crippen LogP contribution in [0, 0.1) is 5.92 Å². The Balaban J connectivity index is 1.40. The van der Waals surface area contributed by atoms with Crippen molar-refractivity contribution in [3.05, 3.63) is 40.7 Å². The fourth-order valence-corrected chi connectivity index (χ4v) is 5.12. The van der Waals surface area contributed by atoms with Gasteiger partial charge in [-0.25, -0.2) is 4.98 Å². The van der Waals surface area contributed by atoms with E-state index in [0.717, 1.165) is 42.3 Å². The van der Waals surface area contributed by atoms with E-state index in [1.54, 1.807) is 11.3 Å². The Kier molecular flexibility index (Phi) is 5.78. The normalized spacial score (nSPS) is 25.5. The van der Waals surface area contributed by atoms with Gasteiger partial charge in [0.05, 0.1) is 17.8 Å². The molecule has 2 saturated heterocycles. The Morgan fingerprint density at radius 2 is 2.07 bits per heavy atom. The smallest absolute Gasteiger partial charge is 0.248 e. The number of methoxy groups -OCH3 is 1. The lowest BCUT2D eigenvalue weighted by atomic mass is 9.75. The molecule has 150 valence electrons. The summed E-state index contributed by atoms with van der Waals surface area (Å²) in [5.74, 6) is 0.0819. The van der Waals surface area contributed by atoms with E-state index in [2.05, 4.69) is 22.4 Å². The molecule has 0 unspecified atom stereocenters. The van der Waals surface area contributed by atoms with Gasteiger partial charge in [0.15, 0.2) is 0 Å². The summed E-state index contributed by atoms with van der Waals surface area (Å²) >= 11 is 1.68. The SMILES string of the molecule is COCC(=O)N1CC[C@@]2(O)CCN(Cc3nc(-c4ccccc4)cs3)C[C@H]2C1. The zero-order valence-corrected chi connectivity index (χ0v) is 17.0. The Hall–Kier alpha value is -1.80. The van der Waals surface area contributed by atoms with Crippen LogP contribution >= 0.6 is 11.3 Å². The van der Waals surface area contributed by atoms with E-state index in [-0.39, 0.29) is 18.4 Å². The number of benzene rings is 1. The van der Waals surface area contributed by atoms with E-state index < -0.39 is 5.60 Å². The number of hydrogen-bond acceptors (Lipinski definition) is 6. The number of aromatic nitrogens is 1. The van der Waals surface area contributed by atoms with E-state index in [1.807, 2.05) is 23.1 Å². The van der Waals surface area contributed by atoms with Gasteiger partial charge in [-0.2, -0.15) is 0 Å². The van der Waals surface area contributed by atoms with Crippen molar-refractivity contribution >= 4 is 17.2 Å². The highest BCUT2D eigenvalue weighted by atomic mass is 32.1. The van der Waals surface area contributed by atoms with Gasteiger partial charge in [-0.1, -0.05) is 30.3 Å². The lowest BCUT2D eigenvalue weighted by molar-refractivity contribution is -0.150. The molecule has 7 heteroatoms. The highest BCUT2D eigenvalue weighted by Crippen LogP contribution is 2.36. The molecule has 0 aliphatic carbocycles. The number of ether oxygens (including phenoxy) is 1. The summed E-state index contributed by atoms with van der Waals surface area (Å²) in [6.07, 6.45) is 1.40. The molecule has 0 spiro atoms. The van der Waals surface area contributed by atoms with Crippen molar-refractivity contribution in [1.29, 1.82) is 0 Å². The maximum absolute atomic E-state index is 12.2. The molecule has 0 bridgehead atoms. The molecular weight excluding hydrogens is 374 g/mol. The molecule has 0 saturated carbocycles. The summed E-state index contributed by atoms with van der Waals surface area (Å²) in [7, 11) is 1.54. The Morgan fingerprint density at radius 3 is 2.86 bits per heavy atom. The van der Waals surface area contributed by atoms with E-state index in [9.17, 15) is 9.90 Å². The van der Waals surface area contributed by atoms with Crippen molar-refractivity contribution in [1.82, 2.24) is 14.8 Å². The van der Waals surface area contributed by atoms with E-state index >= 15 is 0 Å². The average Bonchev–Trinajstić information content (AvgIpc) is 3.17. The second kappa shape index (κ2) is 8.29. The van der Waals surface area contributed by atoms with E-state index in [0.29, 0.717) is 19.5 Å². The number of rotatable bonds is 5. The van der Waals surface area contributed by atoms with Crippen LogP contribution in [-0.2, 0) is 16.1 Å². The molecule has 2 aliphatic heterocycles. The van der Waals surface area contributed by atoms with Crippen LogP contribution in [-0.4, -0.2) is 71.3 Å². The quantitative estimate of drug-likeness (QED) is 0.832. The molecule has 2 aromatic rings. The molecule has 1 aromatic carbocycles. The second-order valence-corrected chi connectivity index (χ2v) is 8.74. The summed E-state index contributed by atoms with van der Waals surface area (Å²) < 4.78 is 4.99. The Morgan fingerprint density at radius 1 is 1.29 bits per heavy atom. The van der Waals surface area contributed by atoms with Crippen molar-refractivity contribution < 1.29 is 14.6 Å². The van der Waals surface area contributed by atoms with Gasteiger partial charge in [0.1, 0.15) is 11.6 Å². The summed E-state index contributed by atoms with van der Waals surface area (Å²) in [5.41, 5.74) is 1.50. The predicted octanol–water partition coefficient (Wildman–Crippen LogP) is 2.24. The van der Waals surface area contributed by atoms with Gasteiger partial charge in [0, 0.05) is 50.2 Å². The standard InChI is InChI=1S/C21H27N3O3S/c1-27-14-20(25)24-10-8-21(26)7-9-23(11-17(21)12-24)13-19-22-18(15-28-19)16-5-3-2-4-6-16/h2-6,15,17,26H,7-14H2,1H3/t17-,21-/m0/s1. The first-order chi connectivity index (χ1) is 13.6. The molecule has 2 aliphatic rings. The zero-order chi connectivity index (χ0) is 19.6. The largest absolute Gasteiger partial charge is 0.389 e. The van der Waals surface area contributed by atoms with Gasteiger partial charge >= 0.3 is 0 Å². The Bertz CT molecular complexity index is 812. The van der Waals surface area contributed by atoms with Crippen LogP contribution in [0.3, 0.4) is 0 Å².